The summed E-state index contributed by atoms with van der Waals surface area (Å²) in [5, 5.41) is 13.4. The second-order valence-corrected chi connectivity index (χ2v) is 5.57. The van der Waals surface area contributed by atoms with E-state index in [2.05, 4.69) is 15.0 Å². The predicted molar refractivity (Wildman–Crippen MR) is 73.2 cm³/mol. The van der Waals surface area contributed by atoms with E-state index in [1.807, 2.05) is 13.8 Å². The van der Waals surface area contributed by atoms with Crippen molar-refractivity contribution in [2.24, 2.45) is 5.41 Å². The van der Waals surface area contributed by atoms with Crippen molar-refractivity contribution in [2.75, 3.05) is 13.1 Å². The summed E-state index contributed by atoms with van der Waals surface area (Å²) < 4.78 is 5.09. The smallest absolute Gasteiger partial charge is 0.309 e. The third kappa shape index (κ3) is 3.17. The van der Waals surface area contributed by atoms with E-state index in [1.165, 1.54) is 0 Å². The van der Waals surface area contributed by atoms with E-state index >= 15 is 0 Å². The Morgan fingerprint density at radius 3 is 2.60 bits per heavy atom. The molecule has 2 heterocycles. The molecule has 1 aliphatic heterocycles. The second kappa shape index (κ2) is 6.35. The van der Waals surface area contributed by atoms with E-state index in [0.29, 0.717) is 31.1 Å². The minimum Gasteiger partial charge on any atom is -0.481 e. The van der Waals surface area contributed by atoms with Crippen LogP contribution in [0.1, 0.15) is 51.2 Å². The quantitative estimate of drug-likeness (QED) is 0.860. The maximum atomic E-state index is 11.5. The highest BCUT2D eigenvalue weighted by molar-refractivity contribution is 5.74. The average Bonchev–Trinajstić information content (AvgIpc) is 2.89. The van der Waals surface area contributed by atoms with Gasteiger partial charge in [-0.15, -0.1) is 0 Å². The number of aromatic nitrogens is 2. The van der Waals surface area contributed by atoms with Gasteiger partial charge in [0.2, 0.25) is 5.89 Å². The molecule has 0 radical (unpaired) electrons. The molecule has 1 aliphatic rings. The summed E-state index contributed by atoms with van der Waals surface area (Å²) in [6, 6.07) is 0. The molecule has 0 saturated carbocycles. The molecule has 2 rings (SSSR count). The minimum atomic E-state index is -0.646. The maximum absolute atomic E-state index is 11.5. The van der Waals surface area contributed by atoms with Gasteiger partial charge in [0.15, 0.2) is 5.82 Å². The molecule has 1 N–H and O–H groups in total. The molecule has 0 aliphatic carbocycles. The summed E-state index contributed by atoms with van der Waals surface area (Å²) in [5.41, 5.74) is -0.531. The number of hydrogen-bond acceptors (Lipinski definition) is 5. The van der Waals surface area contributed by atoms with Gasteiger partial charge in [0.1, 0.15) is 0 Å². The predicted octanol–water partition coefficient (Wildman–Crippen LogP) is 2.10. The fourth-order valence-corrected chi connectivity index (χ4v) is 2.89. The summed E-state index contributed by atoms with van der Waals surface area (Å²) in [4.78, 5) is 18.0. The zero-order valence-electron chi connectivity index (χ0n) is 12.3. The van der Waals surface area contributed by atoms with Crippen molar-refractivity contribution in [3.63, 3.8) is 0 Å². The molecule has 20 heavy (non-hydrogen) atoms. The molecule has 1 aromatic heterocycles. The monoisotopic (exact) mass is 281 g/mol. The van der Waals surface area contributed by atoms with Gasteiger partial charge in [0, 0.05) is 6.42 Å². The largest absolute Gasteiger partial charge is 0.481 e. The molecule has 6 heteroatoms. The number of likely N-dealkylation sites (tertiary alicyclic amines) is 1. The number of rotatable bonds is 6. The standard InChI is InChI=1S/C14H23N3O3/c1-3-5-14(13(18)19)6-8-17(9-7-14)10-11-15-12(4-2)20-16-11/h3-10H2,1-2H3,(H,18,19). The molecule has 0 amide bonds. The molecule has 112 valence electrons. The summed E-state index contributed by atoms with van der Waals surface area (Å²) in [5.74, 6) is 0.704. The zero-order valence-corrected chi connectivity index (χ0v) is 12.3. The highest BCUT2D eigenvalue weighted by Crippen LogP contribution is 2.36. The van der Waals surface area contributed by atoms with Crippen LogP contribution in [0.5, 0.6) is 0 Å². The van der Waals surface area contributed by atoms with Crippen molar-refractivity contribution < 1.29 is 14.4 Å². The third-order valence-electron chi connectivity index (χ3n) is 4.17. The summed E-state index contributed by atoms with van der Waals surface area (Å²) in [7, 11) is 0. The fourth-order valence-electron chi connectivity index (χ4n) is 2.89. The topological polar surface area (TPSA) is 79.5 Å². The fraction of sp³-hybridized carbons (Fsp3) is 0.786. The molecule has 1 saturated heterocycles. The van der Waals surface area contributed by atoms with Crippen LogP contribution >= 0.6 is 0 Å². The van der Waals surface area contributed by atoms with Crippen molar-refractivity contribution in [1.29, 1.82) is 0 Å². The van der Waals surface area contributed by atoms with Gasteiger partial charge in [-0.05, 0) is 32.4 Å². The first kappa shape index (κ1) is 15.0. The van der Waals surface area contributed by atoms with Crippen LogP contribution in [0, 0.1) is 5.41 Å². The van der Waals surface area contributed by atoms with E-state index in [0.717, 1.165) is 32.4 Å². The number of aliphatic carboxylic acids is 1. The summed E-state index contributed by atoms with van der Waals surface area (Å²) in [6.45, 7) is 6.22. The van der Waals surface area contributed by atoms with Gasteiger partial charge in [0.05, 0.1) is 12.0 Å². The second-order valence-electron chi connectivity index (χ2n) is 5.57. The molecule has 0 atom stereocenters. The Bertz CT molecular complexity index is 450. The Labute approximate surface area is 119 Å². The number of piperidine rings is 1. The zero-order chi connectivity index (χ0) is 14.6. The molecule has 0 spiro atoms. The first-order valence-corrected chi connectivity index (χ1v) is 7.37. The highest BCUT2D eigenvalue weighted by atomic mass is 16.5. The van der Waals surface area contributed by atoms with Gasteiger partial charge in [-0.1, -0.05) is 25.4 Å². The molecule has 0 bridgehead atoms. The Morgan fingerprint density at radius 1 is 1.40 bits per heavy atom. The van der Waals surface area contributed by atoms with Gasteiger partial charge in [-0.3, -0.25) is 9.69 Å². The van der Waals surface area contributed by atoms with Crippen LogP contribution in [-0.2, 0) is 17.8 Å². The third-order valence-corrected chi connectivity index (χ3v) is 4.17. The molecule has 6 nitrogen and oxygen atoms in total. The van der Waals surface area contributed by atoms with Gasteiger partial charge < -0.3 is 9.63 Å². The van der Waals surface area contributed by atoms with E-state index in [4.69, 9.17) is 4.52 Å². The van der Waals surface area contributed by atoms with Gasteiger partial charge in [-0.2, -0.15) is 4.98 Å². The van der Waals surface area contributed by atoms with Crippen molar-refractivity contribution in [1.82, 2.24) is 15.0 Å². The van der Waals surface area contributed by atoms with Crippen LogP contribution in [0.3, 0.4) is 0 Å². The van der Waals surface area contributed by atoms with Crippen molar-refractivity contribution >= 4 is 5.97 Å². The van der Waals surface area contributed by atoms with Crippen molar-refractivity contribution in [2.45, 2.75) is 52.5 Å². The average molecular weight is 281 g/mol. The number of carbonyl (C=O) groups is 1. The lowest BCUT2D eigenvalue weighted by atomic mass is 9.75. The normalized spacial score (nSPS) is 19.1. The Morgan fingerprint density at radius 2 is 2.10 bits per heavy atom. The Balaban J connectivity index is 1.91. The molecule has 0 unspecified atom stereocenters. The van der Waals surface area contributed by atoms with Crippen LogP contribution < -0.4 is 0 Å². The van der Waals surface area contributed by atoms with E-state index in [-0.39, 0.29) is 0 Å². The van der Waals surface area contributed by atoms with Crippen molar-refractivity contribution in [3.8, 4) is 0 Å². The van der Waals surface area contributed by atoms with E-state index in [9.17, 15) is 9.90 Å². The van der Waals surface area contributed by atoms with Gasteiger partial charge in [-0.25, -0.2) is 0 Å². The lowest BCUT2D eigenvalue weighted by Crippen LogP contribution is -2.44. The Hall–Kier alpha value is -1.43. The lowest BCUT2D eigenvalue weighted by molar-refractivity contribution is -0.152. The number of hydrogen-bond donors (Lipinski definition) is 1. The molecular formula is C14H23N3O3. The van der Waals surface area contributed by atoms with Crippen molar-refractivity contribution in [3.05, 3.63) is 11.7 Å². The SMILES string of the molecule is CCCC1(C(=O)O)CCN(Cc2noc(CC)n2)CC1. The van der Waals surface area contributed by atoms with Crippen LogP contribution in [0.15, 0.2) is 4.52 Å². The number of nitrogens with zero attached hydrogens (tertiary/aromatic N) is 3. The number of carboxylic acid groups (broad SMARTS) is 1. The maximum Gasteiger partial charge on any atom is 0.309 e. The lowest BCUT2D eigenvalue weighted by Gasteiger charge is -2.38. The van der Waals surface area contributed by atoms with E-state index in [1.54, 1.807) is 0 Å². The summed E-state index contributed by atoms with van der Waals surface area (Å²) >= 11 is 0. The van der Waals surface area contributed by atoms with Gasteiger partial charge >= 0.3 is 5.97 Å². The van der Waals surface area contributed by atoms with Gasteiger partial charge in [0.25, 0.3) is 0 Å². The number of aryl methyl sites for hydroxylation is 1. The van der Waals surface area contributed by atoms with E-state index < -0.39 is 11.4 Å². The minimum absolute atomic E-state index is 0.531. The molecule has 1 aromatic rings. The van der Waals surface area contributed by atoms with Crippen LogP contribution in [0.4, 0.5) is 0 Å². The van der Waals surface area contributed by atoms with Crippen LogP contribution in [0.25, 0.3) is 0 Å². The number of carboxylic acids is 1. The molecular weight excluding hydrogens is 258 g/mol. The first-order valence-electron chi connectivity index (χ1n) is 7.37. The molecule has 1 fully saturated rings. The van der Waals surface area contributed by atoms with Crippen LogP contribution in [0.2, 0.25) is 0 Å². The highest BCUT2D eigenvalue weighted by Gasteiger charge is 2.40. The summed E-state index contributed by atoms with van der Waals surface area (Å²) in [6.07, 6.45) is 3.82. The molecule has 0 aromatic carbocycles. The Kier molecular flexibility index (Phi) is 4.75. The van der Waals surface area contributed by atoms with Crippen LogP contribution in [-0.4, -0.2) is 39.2 Å². The first-order chi connectivity index (χ1) is 9.59.